The highest BCUT2D eigenvalue weighted by molar-refractivity contribution is 5.88. The first kappa shape index (κ1) is 14.4. The summed E-state index contributed by atoms with van der Waals surface area (Å²) in [5, 5.41) is 11.8. The van der Waals surface area contributed by atoms with Crippen LogP contribution < -0.4 is 11.1 Å². The number of aliphatic hydroxyl groups excluding tert-OH is 1. The molecule has 1 fully saturated rings. The van der Waals surface area contributed by atoms with Gasteiger partial charge in [-0.1, -0.05) is 13.8 Å². The van der Waals surface area contributed by atoms with E-state index in [1.807, 2.05) is 20.8 Å². The highest BCUT2D eigenvalue weighted by Gasteiger charge is 2.62. The molecule has 0 aromatic rings. The monoisotopic (exact) mass is 244 g/mol. The van der Waals surface area contributed by atoms with E-state index in [-0.39, 0.29) is 24.0 Å². The maximum absolute atomic E-state index is 12.0. The first-order valence-corrected chi connectivity index (χ1v) is 6.12. The van der Waals surface area contributed by atoms with Crippen molar-refractivity contribution in [2.24, 2.45) is 11.1 Å². The summed E-state index contributed by atoms with van der Waals surface area (Å²) in [7, 11) is 0. The van der Waals surface area contributed by atoms with Crippen molar-refractivity contribution >= 4 is 5.91 Å². The van der Waals surface area contributed by atoms with Crippen molar-refractivity contribution in [1.29, 1.82) is 0 Å². The van der Waals surface area contributed by atoms with Crippen molar-refractivity contribution in [3.8, 4) is 0 Å². The molecule has 1 saturated carbocycles. The average molecular weight is 244 g/mol. The van der Waals surface area contributed by atoms with Gasteiger partial charge in [-0.25, -0.2) is 0 Å². The number of hydrogen-bond acceptors (Lipinski definition) is 4. The summed E-state index contributed by atoms with van der Waals surface area (Å²) in [6.45, 7) is 8.29. The molecule has 0 spiro atoms. The van der Waals surface area contributed by atoms with Crippen LogP contribution in [0.2, 0.25) is 0 Å². The molecule has 5 heteroatoms. The molecule has 4 N–H and O–H groups in total. The number of nitrogens with two attached hydrogens (primary N) is 1. The van der Waals surface area contributed by atoms with Crippen LogP contribution in [0, 0.1) is 5.41 Å². The molecule has 1 rings (SSSR count). The number of rotatable bonds is 5. The fraction of sp³-hybridized carbons (Fsp3) is 0.917. The quantitative estimate of drug-likeness (QED) is 0.636. The van der Waals surface area contributed by atoms with Crippen molar-refractivity contribution < 1.29 is 14.6 Å². The van der Waals surface area contributed by atoms with Gasteiger partial charge in [0.15, 0.2) is 0 Å². The molecule has 100 valence electrons. The summed E-state index contributed by atoms with van der Waals surface area (Å²) in [6, 6.07) is 0. The largest absolute Gasteiger partial charge is 0.392 e. The van der Waals surface area contributed by atoms with Gasteiger partial charge in [-0.15, -0.1) is 0 Å². The standard InChI is InChI=1S/C12H24N2O3/c1-5-17-9-6-12(13,11(9,3)4)10(16)14-7-8(2)15/h8-9,15H,5-7,13H2,1-4H3,(H,14,16). The highest BCUT2D eigenvalue weighted by Crippen LogP contribution is 2.49. The van der Waals surface area contributed by atoms with Crippen LogP contribution in [-0.4, -0.2) is 41.9 Å². The van der Waals surface area contributed by atoms with Crippen LogP contribution in [0.4, 0.5) is 0 Å². The summed E-state index contributed by atoms with van der Waals surface area (Å²) >= 11 is 0. The molecule has 0 aromatic carbocycles. The summed E-state index contributed by atoms with van der Waals surface area (Å²) in [6.07, 6.45) is -0.0114. The van der Waals surface area contributed by atoms with E-state index in [0.717, 1.165) is 0 Å². The molecule has 0 aromatic heterocycles. The number of amides is 1. The summed E-state index contributed by atoms with van der Waals surface area (Å²) in [4.78, 5) is 12.0. The second kappa shape index (κ2) is 4.92. The van der Waals surface area contributed by atoms with E-state index in [4.69, 9.17) is 15.6 Å². The van der Waals surface area contributed by atoms with Crippen LogP contribution in [0.5, 0.6) is 0 Å². The van der Waals surface area contributed by atoms with E-state index >= 15 is 0 Å². The van der Waals surface area contributed by atoms with Gasteiger partial charge < -0.3 is 20.9 Å². The van der Waals surface area contributed by atoms with E-state index in [0.29, 0.717) is 13.0 Å². The van der Waals surface area contributed by atoms with Crippen LogP contribution in [0.25, 0.3) is 0 Å². The molecule has 17 heavy (non-hydrogen) atoms. The Morgan fingerprint density at radius 2 is 2.24 bits per heavy atom. The van der Waals surface area contributed by atoms with E-state index < -0.39 is 11.6 Å². The number of ether oxygens (including phenoxy) is 1. The number of hydrogen-bond donors (Lipinski definition) is 3. The Morgan fingerprint density at radius 3 is 2.65 bits per heavy atom. The summed E-state index contributed by atoms with van der Waals surface area (Å²) in [5.41, 5.74) is 4.87. The summed E-state index contributed by atoms with van der Waals surface area (Å²) < 4.78 is 5.55. The fourth-order valence-electron chi connectivity index (χ4n) is 2.22. The van der Waals surface area contributed by atoms with E-state index in [2.05, 4.69) is 5.32 Å². The molecule has 1 amide bonds. The lowest BCUT2D eigenvalue weighted by atomic mass is 9.54. The van der Waals surface area contributed by atoms with Crippen LogP contribution in [0.1, 0.15) is 34.1 Å². The predicted molar refractivity (Wildman–Crippen MR) is 65.4 cm³/mol. The van der Waals surface area contributed by atoms with Gasteiger partial charge in [-0.2, -0.15) is 0 Å². The summed E-state index contributed by atoms with van der Waals surface area (Å²) in [5.74, 6) is -0.209. The Morgan fingerprint density at radius 1 is 1.65 bits per heavy atom. The Hall–Kier alpha value is -0.650. The van der Waals surface area contributed by atoms with Crippen LogP contribution in [-0.2, 0) is 9.53 Å². The van der Waals surface area contributed by atoms with E-state index in [1.54, 1.807) is 6.92 Å². The third-order valence-corrected chi connectivity index (χ3v) is 3.79. The average Bonchev–Trinajstić information content (AvgIpc) is 2.25. The molecule has 3 unspecified atom stereocenters. The molecule has 1 aliphatic rings. The molecule has 5 nitrogen and oxygen atoms in total. The molecular formula is C12H24N2O3. The lowest BCUT2D eigenvalue weighted by Gasteiger charge is -2.57. The Labute approximate surface area is 103 Å². The SMILES string of the molecule is CCOC1CC(N)(C(=O)NCC(C)O)C1(C)C. The Bertz CT molecular complexity index is 291. The maximum atomic E-state index is 12.0. The van der Waals surface area contributed by atoms with Gasteiger partial charge in [0.1, 0.15) is 5.54 Å². The first-order chi connectivity index (χ1) is 7.75. The molecule has 3 atom stereocenters. The number of aliphatic hydroxyl groups is 1. The van der Waals surface area contributed by atoms with E-state index in [1.165, 1.54) is 0 Å². The fourth-order valence-corrected chi connectivity index (χ4v) is 2.22. The van der Waals surface area contributed by atoms with Gasteiger partial charge >= 0.3 is 0 Å². The molecule has 1 aliphatic carbocycles. The van der Waals surface area contributed by atoms with Crippen molar-refractivity contribution in [2.75, 3.05) is 13.2 Å². The Kier molecular flexibility index (Phi) is 4.17. The lowest BCUT2D eigenvalue weighted by Crippen LogP contribution is -2.76. The highest BCUT2D eigenvalue weighted by atomic mass is 16.5. The maximum Gasteiger partial charge on any atom is 0.240 e. The van der Waals surface area contributed by atoms with Crippen LogP contribution in [0.3, 0.4) is 0 Å². The minimum Gasteiger partial charge on any atom is -0.392 e. The Balaban J connectivity index is 2.62. The number of carbonyl (C=O) groups excluding carboxylic acids is 1. The molecule has 0 radical (unpaired) electrons. The van der Waals surface area contributed by atoms with Gasteiger partial charge in [0, 0.05) is 25.0 Å². The van der Waals surface area contributed by atoms with Crippen LogP contribution >= 0.6 is 0 Å². The van der Waals surface area contributed by atoms with Crippen molar-refractivity contribution in [3.63, 3.8) is 0 Å². The first-order valence-electron chi connectivity index (χ1n) is 6.12. The van der Waals surface area contributed by atoms with Gasteiger partial charge in [-0.3, -0.25) is 4.79 Å². The number of carbonyl (C=O) groups is 1. The third-order valence-electron chi connectivity index (χ3n) is 3.79. The zero-order chi connectivity index (χ0) is 13.3. The smallest absolute Gasteiger partial charge is 0.240 e. The van der Waals surface area contributed by atoms with Gasteiger partial charge in [0.05, 0.1) is 12.2 Å². The second-order valence-electron chi connectivity index (χ2n) is 5.40. The van der Waals surface area contributed by atoms with Gasteiger partial charge in [0.25, 0.3) is 0 Å². The van der Waals surface area contributed by atoms with Gasteiger partial charge in [-0.05, 0) is 13.8 Å². The third kappa shape index (κ3) is 2.46. The molecule has 0 bridgehead atoms. The lowest BCUT2D eigenvalue weighted by molar-refractivity contribution is -0.170. The van der Waals surface area contributed by atoms with Crippen molar-refractivity contribution in [3.05, 3.63) is 0 Å². The second-order valence-corrected chi connectivity index (χ2v) is 5.40. The predicted octanol–water partition coefficient (Wildman–Crippen LogP) is 0.0159. The molecule has 0 aliphatic heterocycles. The van der Waals surface area contributed by atoms with Crippen molar-refractivity contribution in [2.45, 2.75) is 51.9 Å². The topological polar surface area (TPSA) is 84.6 Å². The van der Waals surface area contributed by atoms with Crippen molar-refractivity contribution in [1.82, 2.24) is 5.32 Å². The molecule has 0 heterocycles. The zero-order valence-electron chi connectivity index (χ0n) is 11.1. The molecular weight excluding hydrogens is 220 g/mol. The number of nitrogens with one attached hydrogen (secondary N) is 1. The van der Waals surface area contributed by atoms with Gasteiger partial charge in [0.2, 0.25) is 5.91 Å². The zero-order valence-corrected chi connectivity index (χ0v) is 11.1. The van der Waals surface area contributed by atoms with Crippen LogP contribution in [0.15, 0.2) is 0 Å². The normalized spacial score (nSPS) is 32.7. The van der Waals surface area contributed by atoms with E-state index in [9.17, 15) is 4.79 Å². The molecule has 0 saturated heterocycles. The minimum atomic E-state index is -0.901. The minimum absolute atomic E-state index is 0.0230.